The van der Waals surface area contributed by atoms with Crippen LogP contribution < -0.4 is 9.86 Å². The predicted octanol–water partition coefficient (Wildman–Crippen LogP) is 1.37. The molecule has 0 spiro atoms. The lowest BCUT2D eigenvalue weighted by molar-refractivity contribution is 0.566. The van der Waals surface area contributed by atoms with E-state index in [1.165, 1.54) is 12.1 Å². The minimum absolute atomic E-state index is 0.0253. The molecule has 0 aliphatic heterocycles. The fourth-order valence-electron chi connectivity index (χ4n) is 1.92. The Morgan fingerprint density at radius 2 is 1.36 bits per heavy atom. The van der Waals surface area contributed by atoms with Gasteiger partial charge < -0.3 is 0 Å². The van der Waals surface area contributed by atoms with Gasteiger partial charge in [0, 0.05) is 6.04 Å². The van der Waals surface area contributed by atoms with Gasteiger partial charge in [0.1, 0.15) is 0 Å². The van der Waals surface area contributed by atoms with E-state index >= 15 is 0 Å². The molecule has 0 amide bonds. The van der Waals surface area contributed by atoms with Crippen molar-refractivity contribution in [3.8, 4) is 0 Å². The molecule has 8 heteroatoms. The third-order valence-corrected chi connectivity index (χ3v) is 5.58. The molecule has 3 N–H and O–H groups in total. The first-order valence-electron chi connectivity index (χ1n) is 6.40. The van der Waals surface area contributed by atoms with E-state index in [1.807, 2.05) is 30.3 Å². The van der Waals surface area contributed by atoms with Gasteiger partial charge in [-0.25, -0.2) is 26.7 Å². The number of benzene rings is 2. The molecular formula is C14H16N2O4S2. The van der Waals surface area contributed by atoms with E-state index in [0.717, 1.165) is 17.7 Å². The van der Waals surface area contributed by atoms with E-state index < -0.39 is 26.1 Å². The second kappa shape index (κ2) is 6.17. The molecule has 0 aromatic heterocycles. The lowest BCUT2D eigenvalue weighted by atomic mass is 10.1. The van der Waals surface area contributed by atoms with Gasteiger partial charge in [-0.3, -0.25) is 0 Å². The summed E-state index contributed by atoms with van der Waals surface area (Å²) < 4.78 is 49.4. The maximum Gasteiger partial charge on any atom is 0.241 e. The van der Waals surface area contributed by atoms with E-state index in [1.54, 1.807) is 6.92 Å². The van der Waals surface area contributed by atoms with Gasteiger partial charge in [-0.15, -0.1) is 0 Å². The van der Waals surface area contributed by atoms with Crippen molar-refractivity contribution >= 4 is 20.0 Å². The van der Waals surface area contributed by atoms with Crippen molar-refractivity contribution in [3.63, 3.8) is 0 Å². The van der Waals surface area contributed by atoms with Crippen molar-refractivity contribution in [2.24, 2.45) is 5.14 Å². The quantitative estimate of drug-likeness (QED) is 0.857. The summed E-state index contributed by atoms with van der Waals surface area (Å²) in [6.07, 6.45) is 0. The summed E-state index contributed by atoms with van der Waals surface area (Å²) in [5.41, 5.74) is 0.826. The Morgan fingerprint density at radius 1 is 0.864 bits per heavy atom. The van der Waals surface area contributed by atoms with Gasteiger partial charge in [0.05, 0.1) is 9.79 Å². The molecule has 118 valence electrons. The zero-order valence-corrected chi connectivity index (χ0v) is 13.4. The molecule has 22 heavy (non-hydrogen) atoms. The van der Waals surface area contributed by atoms with Crippen LogP contribution in [0.5, 0.6) is 0 Å². The Bertz CT molecular complexity index is 845. The van der Waals surface area contributed by atoms with Crippen LogP contribution in [0.1, 0.15) is 18.5 Å². The van der Waals surface area contributed by atoms with Crippen LogP contribution in [-0.2, 0) is 20.0 Å². The minimum Gasteiger partial charge on any atom is -0.225 e. The van der Waals surface area contributed by atoms with Crippen LogP contribution in [0.15, 0.2) is 64.4 Å². The van der Waals surface area contributed by atoms with E-state index in [2.05, 4.69) is 4.72 Å². The van der Waals surface area contributed by atoms with Crippen LogP contribution in [-0.4, -0.2) is 16.8 Å². The highest BCUT2D eigenvalue weighted by molar-refractivity contribution is 7.89. The topological polar surface area (TPSA) is 106 Å². The van der Waals surface area contributed by atoms with Crippen LogP contribution >= 0.6 is 0 Å². The molecule has 0 aliphatic carbocycles. The number of hydrogen-bond acceptors (Lipinski definition) is 4. The van der Waals surface area contributed by atoms with E-state index in [-0.39, 0.29) is 9.79 Å². The Balaban J connectivity index is 2.24. The molecule has 0 radical (unpaired) electrons. The summed E-state index contributed by atoms with van der Waals surface area (Å²) in [4.78, 5) is -0.162. The first-order valence-corrected chi connectivity index (χ1v) is 9.43. The highest BCUT2D eigenvalue weighted by Crippen LogP contribution is 2.18. The molecule has 0 aliphatic rings. The second-order valence-electron chi connectivity index (χ2n) is 4.77. The zero-order chi connectivity index (χ0) is 16.4. The van der Waals surface area contributed by atoms with Crippen LogP contribution in [0.3, 0.4) is 0 Å². The number of nitrogens with one attached hydrogen (secondary N) is 1. The highest BCUT2D eigenvalue weighted by Gasteiger charge is 2.19. The zero-order valence-electron chi connectivity index (χ0n) is 11.8. The predicted molar refractivity (Wildman–Crippen MR) is 83.0 cm³/mol. The van der Waals surface area contributed by atoms with Crippen molar-refractivity contribution in [3.05, 3.63) is 60.2 Å². The van der Waals surface area contributed by atoms with Gasteiger partial charge in [-0.05, 0) is 36.8 Å². The van der Waals surface area contributed by atoms with Gasteiger partial charge in [0.2, 0.25) is 20.0 Å². The maximum absolute atomic E-state index is 12.3. The summed E-state index contributed by atoms with van der Waals surface area (Å²) in [6.45, 7) is 1.73. The molecule has 1 atom stereocenters. The first-order chi connectivity index (χ1) is 10.2. The largest absolute Gasteiger partial charge is 0.241 e. The normalized spacial score (nSPS) is 13.7. The van der Waals surface area contributed by atoms with E-state index in [4.69, 9.17) is 5.14 Å². The maximum atomic E-state index is 12.3. The van der Waals surface area contributed by atoms with Crippen LogP contribution in [0.2, 0.25) is 0 Å². The lowest BCUT2D eigenvalue weighted by Gasteiger charge is -2.14. The lowest BCUT2D eigenvalue weighted by Crippen LogP contribution is -2.27. The number of nitrogens with two attached hydrogens (primary N) is 1. The Hall–Kier alpha value is -1.74. The van der Waals surface area contributed by atoms with Gasteiger partial charge in [0.25, 0.3) is 0 Å². The highest BCUT2D eigenvalue weighted by atomic mass is 32.2. The summed E-state index contributed by atoms with van der Waals surface area (Å²) >= 11 is 0. The summed E-state index contributed by atoms with van der Waals surface area (Å²) in [5.74, 6) is 0. The molecular weight excluding hydrogens is 324 g/mol. The first kappa shape index (κ1) is 16.6. The van der Waals surface area contributed by atoms with Crippen LogP contribution in [0, 0.1) is 0 Å². The standard InChI is InChI=1S/C14H16N2O4S2/c1-11(12-5-3-2-4-6-12)16-22(19,20)14-9-7-13(8-10-14)21(15,17)18/h2-11,16H,1H3,(H2,15,17,18). The fourth-order valence-corrected chi connectivity index (χ4v) is 3.67. The summed E-state index contributed by atoms with van der Waals surface area (Å²) in [7, 11) is -7.60. The molecule has 2 rings (SSSR count). The van der Waals surface area contributed by atoms with Gasteiger partial charge in [-0.1, -0.05) is 30.3 Å². The molecule has 2 aromatic carbocycles. The average molecular weight is 340 g/mol. The molecule has 0 saturated carbocycles. The average Bonchev–Trinajstić information content (AvgIpc) is 2.47. The van der Waals surface area contributed by atoms with E-state index in [9.17, 15) is 16.8 Å². The van der Waals surface area contributed by atoms with Crippen LogP contribution in [0.4, 0.5) is 0 Å². The van der Waals surface area contributed by atoms with E-state index in [0.29, 0.717) is 0 Å². The second-order valence-corrected chi connectivity index (χ2v) is 8.05. The number of primary sulfonamides is 1. The monoisotopic (exact) mass is 340 g/mol. The fraction of sp³-hybridized carbons (Fsp3) is 0.143. The number of rotatable bonds is 5. The SMILES string of the molecule is CC(NS(=O)(=O)c1ccc(S(N)(=O)=O)cc1)c1ccccc1. The van der Waals surface area contributed by atoms with Crippen molar-refractivity contribution < 1.29 is 16.8 Å². The summed E-state index contributed by atoms with van der Waals surface area (Å²) in [5, 5.41) is 4.98. The number of sulfonamides is 2. The molecule has 0 saturated heterocycles. The van der Waals surface area contributed by atoms with Crippen molar-refractivity contribution in [2.45, 2.75) is 22.8 Å². The molecule has 0 heterocycles. The van der Waals surface area contributed by atoms with Gasteiger partial charge in [0.15, 0.2) is 0 Å². The van der Waals surface area contributed by atoms with Gasteiger partial charge >= 0.3 is 0 Å². The summed E-state index contributed by atoms with van der Waals surface area (Å²) in [6, 6.07) is 13.4. The Kier molecular flexibility index (Phi) is 4.66. The minimum atomic E-state index is -3.85. The van der Waals surface area contributed by atoms with Crippen molar-refractivity contribution in [2.75, 3.05) is 0 Å². The Morgan fingerprint density at radius 3 is 1.86 bits per heavy atom. The molecule has 2 aromatic rings. The third kappa shape index (κ3) is 3.92. The van der Waals surface area contributed by atoms with Crippen molar-refractivity contribution in [1.29, 1.82) is 0 Å². The molecule has 6 nitrogen and oxygen atoms in total. The Labute approximate surface area is 130 Å². The molecule has 0 fully saturated rings. The number of hydrogen-bond donors (Lipinski definition) is 2. The van der Waals surface area contributed by atoms with Crippen molar-refractivity contribution in [1.82, 2.24) is 4.72 Å². The van der Waals surface area contributed by atoms with Gasteiger partial charge in [-0.2, -0.15) is 0 Å². The van der Waals surface area contributed by atoms with Crippen LogP contribution in [0.25, 0.3) is 0 Å². The molecule has 1 unspecified atom stereocenters. The molecule has 0 bridgehead atoms. The third-order valence-electron chi connectivity index (χ3n) is 3.09. The smallest absolute Gasteiger partial charge is 0.225 e.